The molecule has 0 N–H and O–H groups in total. The number of benzene rings is 1. The first kappa shape index (κ1) is 13.6. The first-order valence-electron chi connectivity index (χ1n) is 5.12. The fourth-order valence-corrected chi connectivity index (χ4v) is 1.74. The van der Waals surface area contributed by atoms with E-state index in [2.05, 4.69) is 0 Å². The second-order valence-electron chi connectivity index (χ2n) is 3.69. The number of nitrogens with zero attached hydrogens (tertiary/aromatic N) is 1. The Kier molecular flexibility index (Phi) is 4.63. The number of hydrogen-bond acceptors (Lipinski definition) is 3. The van der Waals surface area contributed by atoms with Gasteiger partial charge in [-0.25, -0.2) is 0 Å². The summed E-state index contributed by atoms with van der Waals surface area (Å²) in [7, 11) is 4.83. The Morgan fingerprint density at radius 1 is 1.35 bits per heavy atom. The second kappa shape index (κ2) is 5.77. The molecule has 17 heavy (non-hydrogen) atoms. The fourth-order valence-electron chi connectivity index (χ4n) is 1.68. The summed E-state index contributed by atoms with van der Waals surface area (Å²) in [5.74, 6) is 1.47. The molecule has 0 aromatic heterocycles. The molecule has 5 heteroatoms. The van der Waals surface area contributed by atoms with Crippen LogP contribution < -0.4 is 9.47 Å². The van der Waals surface area contributed by atoms with Gasteiger partial charge in [0.2, 0.25) is 0 Å². The van der Waals surface area contributed by atoms with Gasteiger partial charge in [-0.15, -0.1) is 0 Å². The average molecular weight is 258 g/mol. The minimum absolute atomic E-state index is 0.399. The third-order valence-corrected chi connectivity index (χ3v) is 2.86. The minimum atomic E-state index is -0.500. The van der Waals surface area contributed by atoms with Crippen LogP contribution in [-0.4, -0.2) is 31.5 Å². The van der Waals surface area contributed by atoms with Crippen molar-refractivity contribution in [2.75, 3.05) is 21.3 Å². The number of methoxy groups -OCH3 is 2. The van der Waals surface area contributed by atoms with Crippen LogP contribution in [0.1, 0.15) is 11.1 Å². The molecule has 0 bridgehead atoms. The van der Waals surface area contributed by atoms with Crippen LogP contribution in [-0.2, 0) is 6.54 Å². The summed E-state index contributed by atoms with van der Waals surface area (Å²) in [5.41, 5.74) is 1.80. The van der Waals surface area contributed by atoms with Gasteiger partial charge in [-0.2, -0.15) is 0 Å². The van der Waals surface area contributed by atoms with E-state index in [1.807, 2.05) is 19.1 Å². The van der Waals surface area contributed by atoms with Crippen LogP contribution in [0.25, 0.3) is 0 Å². The summed E-state index contributed by atoms with van der Waals surface area (Å²) >= 11 is 5.39. The van der Waals surface area contributed by atoms with E-state index < -0.39 is 5.37 Å². The lowest BCUT2D eigenvalue weighted by Crippen LogP contribution is -2.20. The van der Waals surface area contributed by atoms with Crippen molar-refractivity contribution in [3.05, 3.63) is 23.3 Å². The van der Waals surface area contributed by atoms with Gasteiger partial charge in [0.05, 0.1) is 20.8 Å². The second-order valence-corrected chi connectivity index (χ2v) is 4.02. The lowest BCUT2D eigenvalue weighted by atomic mass is 10.1. The molecule has 1 aromatic rings. The van der Waals surface area contributed by atoms with Crippen molar-refractivity contribution in [1.82, 2.24) is 4.90 Å². The van der Waals surface area contributed by atoms with Gasteiger partial charge >= 0.3 is 5.37 Å². The molecule has 0 saturated carbocycles. The predicted octanol–water partition coefficient (Wildman–Crippen LogP) is 2.80. The van der Waals surface area contributed by atoms with Crippen LogP contribution in [0.2, 0.25) is 0 Å². The van der Waals surface area contributed by atoms with E-state index in [4.69, 9.17) is 21.1 Å². The molecule has 0 heterocycles. The monoisotopic (exact) mass is 257 g/mol. The van der Waals surface area contributed by atoms with Gasteiger partial charge in [0, 0.05) is 18.2 Å². The third-order valence-electron chi connectivity index (χ3n) is 2.57. The topological polar surface area (TPSA) is 38.8 Å². The molecule has 0 fully saturated rings. The normalized spacial score (nSPS) is 9.94. The van der Waals surface area contributed by atoms with E-state index in [1.165, 1.54) is 4.90 Å². The highest BCUT2D eigenvalue weighted by Gasteiger charge is 2.14. The molecule has 0 aliphatic rings. The van der Waals surface area contributed by atoms with E-state index in [0.29, 0.717) is 12.3 Å². The molecule has 0 radical (unpaired) electrons. The molecule has 1 amide bonds. The Morgan fingerprint density at radius 3 is 2.47 bits per heavy atom. The number of carbonyl (C=O) groups excluding carboxylic acids is 1. The van der Waals surface area contributed by atoms with Crippen molar-refractivity contribution in [3.8, 4) is 11.5 Å². The Hall–Kier alpha value is -1.42. The van der Waals surface area contributed by atoms with E-state index in [-0.39, 0.29) is 0 Å². The van der Waals surface area contributed by atoms with Crippen LogP contribution in [0.5, 0.6) is 11.5 Å². The van der Waals surface area contributed by atoms with E-state index in [9.17, 15) is 4.79 Å². The molecular formula is C12H16ClNO3. The number of carbonyl (C=O) groups is 1. The van der Waals surface area contributed by atoms with Crippen LogP contribution in [0.4, 0.5) is 4.79 Å². The van der Waals surface area contributed by atoms with Crippen LogP contribution in [0.3, 0.4) is 0 Å². The first-order valence-corrected chi connectivity index (χ1v) is 5.50. The van der Waals surface area contributed by atoms with E-state index >= 15 is 0 Å². The van der Waals surface area contributed by atoms with Gasteiger partial charge in [-0.1, -0.05) is 0 Å². The van der Waals surface area contributed by atoms with Gasteiger partial charge in [0.25, 0.3) is 0 Å². The SMILES string of the molecule is COc1ccc(CN(C)C(=O)Cl)c(OC)c1C. The molecular weight excluding hydrogens is 242 g/mol. The standard InChI is InChI=1S/C12H16ClNO3/c1-8-10(16-3)6-5-9(11(8)17-4)7-14(2)12(13)15/h5-6H,7H2,1-4H3. The molecule has 0 aliphatic carbocycles. The number of hydrogen-bond donors (Lipinski definition) is 0. The molecule has 0 aliphatic heterocycles. The highest BCUT2D eigenvalue weighted by atomic mass is 35.5. The smallest absolute Gasteiger partial charge is 0.316 e. The van der Waals surface area contributed by atoms with Gasteiger partial charge in [-0.05, 0) is 30.7 Å². The molecule has 1 aromatic carbocycles. The van der Waals surface area contributed by atoms with Crippen molar-refractivity contribution in [2.24, 2.45) is 0 Å². The quantitative estimate of drug-likeness (QED) is 0.615. The molecule has 0 spiro atoms. The molecule has 0 atom stereocenters. The Balaban J connectivity index is 3.08. The molecule has 94 valence electrons. The van der Waals surface area contributed by atoms with Crippen molar-refractivity contribution in [3.63, 3.8) is 0 Å². The maximum absolute atomic E-state index is 11.0. The summed E-state index contributed by atoms with van der Waals surface area (Å²) in [5, 5.41) is -0.500. The maximum atomic E-state index is 11.0. The summed E-state index contributed by atoms with van der Waals surface area (Å²) in [6, 6.07) is 3.71. The van der Waals surface area contributed by atoms with E-state index in [1.54, 1.807) is 21.3 Å². The third kappa shape index (κ3) is 3.03. The highest BCUT2D eigenvalue weighted by molar-refractivity contribution is 6.62. The lowest BCUT2D eigenvalue weighted by Gasteiger charge is -2.18. The van der Waals surface area contributed by atoms with Crippen LogP contribution in [0.15, 0.2) is 12.1 Å². The van der Waals surface area contributed by atoms with Gasteiger partial charge in [0.1, 0.15) is 11.5 Å². The fraction of sp³-hybridized carbons (Fsp3) is 0.417. The number of amides is 1. The van der Waals surface area contributed by atoms with Crippen molar-refractivity contribution in [2.45, 2.75) is 13.5 Å². The summed E-state index contributed by atoms with van der Waals surface area (Å²) in [4.78, 5) is 12.4. The molecule has 4 nitrogen and oxygen atoms in total. The number of halogens is 1. The lowest BCUT2D eigenvalue weighted by molar-refractivity contribution is 0.230. The zero-order valence-electron chi connectivity index (χ0n) is 10.4. The van der Waals surface area contributed by atoms with Crippen LogP contribution >= 0.6 is 11.6 Å². The summed E-state index contributed by atoms with van der Waals surface area (Å²) in [6.07, 6.45) is 0. The van der Waals surface area contributed by atoms with Crippen molar-refractivity contribution < 1.29 is 14.3 Å². The Bertz CT molecular complexity index is 420. The Labute approximate surface area is 106 Å². The number of ether oxygens (including phenoxy) is 2. The van der Waals surface area contributed by atoms with Crippen molar-refractivity contribution in [1.29, 1.82) is 0 Å². The zero-order chi connectivity index (χ0) is 13.0. The maximum Gasteiger partial charge on any atom is 0.316 e. The first-order chi connectivity index (χ1) is 8.01. The van der Waals surface area contributed by atoms with Gasteiger partial charge in [0.15, 0.2) is 0 Å². The van der Waals surface area contributed by atoms with Crippen molar-refractivity contribution >= 4 is 17.0 Å². The van der Waals surface area contributed by atoms with Gasteiger partial charge < -0.3 is 14.4 Å². The largest absolute Gasteiger partial charge is 0.496 e. The van der Waals surface area contributed by atoms with E-state index in [0.717, 1.165) is 16.9 Å². The minimum Gasteiger partial charge on any atom is -0.496 e. The summed E-state index contributed by atoms with van der Waals surface area (Å²) < 4.78 is 10.5. The molecule has 0 unspecified atom stereocenters. The summed E-state index contributed by atoms with van der Waals surface area (Å²) in [6.45, 7) is 2.31. The molecule has 0 saturated heterocycles. The number of rotatable bonds is 4. The average Bonchev–Trinajstić information content (AvgIpc) is 2.29. The predicted molar refractivity (Wildman–Crippen MR) is 67.0 cm³/mol. The zero-order valence-corrected chi connectivity index (χ0v) is 11.2. The van der Waals surface area contributed by atoms with Gasteiger partial charge in [-0.3, -0.25) is 4.79 Å². The molecule has 1 rings (SSSR count). The highest BCUT2D eigenvalue weighted by Crippen LogP contribution is 2.31. The van der Waals surface area contributed by atoms with Crippen LogP contribution in [0, 0.1) is 6.92 Å². The Morgan fingerprint density at radius 2 is 2.00 bits per heavy atom.